The quantitative estimate of drug-likeness (QED) is 0.694. The Kier molecular flexibility index (Phi) is 4.46. The first kappa shape index (κ1) is 12.7. The van der Waals surface area contributed by atoms with Gasteiger partial charge in [0.2, 0.25) is 0 Å². The van der Waals surface area contributed by atoms with Crippen LogP contribution in [0.5, 0.6) is 0 Å². The maximum Gasteiger partial charge on any atom is 0.323 e. The molecule has 88 valence electrons. The van der Waals surface area contributed by atoms with Crippen LogP contribution in [0.4, 0.5) is 0 Å². The van der Waals surface area contributed by atoms with Gasteiger partial charge < -0.3 is 10.2 Å². The fourth-order valence-electron chi connectivity index (χ4n) is 1.49. The van der Waals surface area contributed by atoms with Gasteiger partial charge in [-0.1, -0.05) is 24.3 Å². The fourth-order valence-corrected chi connectivity index (χ4v) is 1.49. The normalized spacial score (nSPS) is 14.4. The molecule has 0 saturated carbocycles. The van der Waals surface area contributed by atoms with Crippen LogP contribution in [0.3, 0.4) is 0 Å². The molecule has 0 saturated heterocycles. The van der Waals surface area contributed by atoms with E-state index in [-0.39, 0.29) is 0 Å². The van der Waals surface area contributed by atoms with Crippen LogP contribution in [-0.2, 0) is 11.3 Å². The van der Waals surface area contributed by atoms with Crippen molar-refractivity contribution in [2.24, 2.45) is 0 Å². The van der Waals surface area contributed by atoms with Gasteiger partial charge in [0.15, 0.2) is 0 Å². The highest BCUT2D eigenvalue weighted by Gasteiger charge is 2.22. The number of carbonyl (C=O) groups is 1. The van der Waals surface area contributed by atoms with Gasteiger partial charge >= 0.3 is 5.97 Å². The van der Waals surface area contributed by atoms with E-state index in [9.17, 15) is 9.90 Å². The third kappa shape index (κ3) is 3.32. The zero-order chi connectivity index (χ0) is 12.1. The highest BCUT2D eigenvalue weighted by atomic mass is 16.4. The molecule has 0 aliphatic rings. The van der Waals surface area contributed by atoms with Crippen molar-refractivity contribution in [2.75, 3.05) is 0 Å². The van der Waals surface area contributed by atoms with Crippen LogP contribution in [-0.4, -0.2) is 28.3 Å². The average molecular weight is 223 g/mol. The number of benzene rings is 1. The molecule has 0 aliphatic carbocycles. The lowest BCUT2D eigenvalue weighted by Gasteiger charge is -2.17. The minimum absolute atomic E-state index is 0.439. The third-order valence-electron chi connectivity index (χ3n) is 2.52. The fraction of sp³-hybridized carbons (Fsp3) is 0.417. The van der Waals surface area contributed by atoms with E-state index >= 15 is 0 Å². The molecule has 0 amide bonds. The predicted molar refractivity (Wildman–Crippen MR) is 61.1 cm³/mol. The maximum absolute atomic E-state index is 10.8. The Balaban J connectivity index is 2.63. The monoisotopic (exact) mass is 223 g/mol. The zero-order valence-corrected chi connectivity index (χ0v) is 9.47. The molecule has 0 aliphatic heterocycles. The molecule has 3 N–H and O–H groups in total. The molecule has 1 aromatic carbocycles. The summed E-state index contributed by atoms with van der Waals surface area (Å²) in [5.74, 6) is -1.04. The largest absolute Gasteiger partial charge is 0.480 e. The summed E-state index contributed by atoms with van der Waals surface area (Å²) in [5.41, 5.74) is 2.14. The molecule has 2 unspecified atom stereocenters. The zero-order valence-electron chi connectivity index (χ0n) is 9.47. The van der Waals surface area contributed by atoms with E-state index in [1.54, 1.807) is 0 Å². The summed E-state index contributed by atoms with van der Waals surface area (Å²) < 4.78 is 0. The molecule has 0 fully saturated rings. The van der Waals surface area contributed by atoms with E-state index in [0.29, 0.717) is 6.54 Å². The first-order valence-corrected chi connectivity index (χ1v) is 5.21. The van der Waals surface area contributed by atoms with Crippen LogP contribution in [0.25, 0.3) is 0 Å². The second kappa shape index (κ2) is 5.63. The molecule has 16 heavy (non-hydrogen) atoms. The topological polar surface area (TPSA) is 69.6 Å². The minimum Gasteiger partial charge on any atom is -0.480 e. The molecule has 1 rings (SSSR count). The van der Waals surface area contributed by atoms with Gasteiger partial charge in [0.05, 0.1) is 6.10 Å². The molecule has 1 aromatic rings. The molecule has 4 nitrogen and oxygen atoms in total. The van der Waals surface area contributed by atoms with Crippen molar-refractivity contribution >= 4 is 5.97 Å². The van der Waals surface area contributed by atoms with Crippen molar-refractivity contribution in [1.82, 2.24) is 5.32 Å². The summed E-state index contributed by atoms with van der Waals surface area (Å²) in [5, 5.41) is 21.0. The van der Waals surface area contributed by atoms with Crippen LogP contribution in [0.1, 0.15) is 18.1 Å². The van der Waals surface area contributed by atoms with Crippen molar-refractivity contribution in [2.45, 2.75) is 32.5 Å². The Morgan fingerprint density at radius 2 is 2.06 bits per heavy atom. The van der Waals surface area contributed by atoms with Gasteiger partial charge in [-0.05, 0) is 25.0 Å². The predicted octanol–water partition coefficient (Wildman–Crippen LogP) is 0.919. The van der Waals surface area contributed by atoms with Gasteiger partial charge in [-0.25, -0.2) is 0 Å². The van der Waals surface area contributed by atoms with Gasteiger partial charge in [0.1, 0.15) is 6.04 Å². The second-order valence-electron chi connectivity index (χ2n) is 3.86. The van der Waals surface area contributed by atoms with E-state index in [2.05, 4.69) is 5.32 Å². The molecule has 2 atom stereocenters. The molecular formula is C12H17NO3. The Morgan fingerprint density at radius 3 is 2.56 bits per heavy atom. The summed E-state index contributed by atoms with van der Waals surface area (Å²) in [7, 11) is 0. The minimum atomic E-state index is -1.04. The van der Waals surface area contributed by atoms with E-state index in [1.807, 2.05) is 31.2 Å². The molecular weight excluding hydrogens is 206 g/mol. The number of aliphatic hydroxyl groups is 1. The summed E-state index contributed by atoms with van der Waals surface area (Å²) in [6, 6.07) is 6.81. The van der Waals surface area contributed by atoms with Crippen LogP contribution in [0.15, 0.2) is 24.3 Å². The number of carboxylic acid groups (broad SMARTS) is 1. The first-order valence-electron chi connectivity index (χ1n) is 5.21. The number of aliphatic hydroxyl groups excluding tert-OH is 1. The molecule has 0 aromatic heterocycles. The lowest BCUT2D eigenvalue weighted by molar-refractivity contribution is -0.142. The van der Waals surface area contributed by atoms with Crippen molar-refractivity contribution in [3.63, 3.8) is 0 Å². The lowest BCUT2D eigenvalue weighted by Crippen LogP contribution is -2.44. The van der Waals surface area contributed by atoms with Gasteiger partial charge in [0, 0.05) is 6.54 Å². The first-order chi connectivity index (χ1) is 7.52. The van der Waals surface area contributed by atoms with Crippen molar-refractivity contribution in [1.29, 1.82) is 0 Å². The van der Waals surface area contributed by atoms with Crippen molar-refractivity contribution < 1.29 is 15.0 Å². The van der Waals surface area contributed by atoms with E-state index in [0.717, 1.165) is 11.1 Å². The average Bonchev–Trinajstić information content (AvgIpc) is 2.20. The second-order valence-corrected chi connectivity index (χ2v) is 3.86. The number of hydrogen-bond donors (Lipinski definition) is 3. The molecule has 0 heterocycles. The summed E-state index contributed by atoms with van der Waals surface area (Å²) in [6.45, 7) is 3.87. The lowest BCUT2D eigenvalue weighted by atomic mass is 10.1. The summed E-state index contributed by atoms with van der Waals surface area (Å²) in [4.78, 5) is 10.8. The van der Waals surface area contributed by atoms with Crippen LogP contribution in [0, 0.1) is 6.92 Å². The van der Waals surface area contributed by atoms with Gasteiger partial charge in [-0.3, -0.25) is 10.1 Å². The van der Waals surface area contributed by atoms with E-state index < -0.39 is 18.1 Å². The Labute approximate surface area is 94.9 Å². The molecule has 0 spiro atoms. The standard InChI is InChI=1S/C12H17NO3/c1-8-5-3-4-6-10(8)7-13-11(9(2)14)12(15)16/h3-6,9,11,13-14H,7H2,1-2H3,(H,15,16). The number of carboxylic acids is 1. The van der Waals surface area contributed by atoms with Crippen molar-refractivity contribution in [3.05, 3.63) is 35.4 Å². The number of nitrogens with one attached hydrogen (secondary N) is 1. The van der Waals surface area contributed by atoms with Crippen LogP contribution < -0.4 is 5.32 Å². The van der Waals surface area contributed by atoms with E-state index in [4.69, 9.17) is 5.11 Å². The maximum atomic E-state index is 10.8. The smallest absolute Gasteiger partial charge is 0.323 e. The molecule has 0 bridgehead atoms. The molecule has 0 radical (unpaired) electrons. The number of aryl methyl sites for hydroxylation is 1. The van der Waals surface area contributed by atoms with Gasteiger partial charge in [-0.2, -0.15) is 0 Å². The van der Waals surface area contributed by atoms with Crippen LogP contribution in [0.2, 0.25) is 0 Å². The Bertz CT molecular complexity index is 363. The summed E-state index contributed by atoms with van der Waals surface area (Å²) >= 11 is 0. The number of aliphatic carboxylic acids is 1. The third-order valence-corrected chi connectivity index (χ3v) is 2.52. The Morgan fingerprint density at radius 1 is 1.44 bits per heavy atom. The summed E-state index contributed by atoms with van der Waals surface area (Å²) in [6.07, 6.45) is -0.915. The number of hydrogen-bond acceptors (Lipinski definition) is 3. The highest BCUT2D eigenvalue weighted by Crippen LogP contribution is 2.07. The number of rotatable bonds is 5. The van der Waals surface area contributed by atoms with E-state index in [1.165, 1.54) is 6.92 Å². The van der Waals surface area contributed by atoms with Gasteiger partial charge in [-0.15, -0.1) is 0 Å². The Hall–Kier alpha value is -1.39. The van der Waals surface area contributed by atoms with Crippen LogP contribution >= 0.6 is 0 Å². The van der Waals surface area contributed by atoms with Crippen molar-refractivity contribution in [3.8, 4) is 0 Å². The van der Waals surface area contributed by atoms with Gasteiger partial charge in [0.25, 0.3) is 0 Å². The highest BCUT2D eigenvalue weighted by molar-refractivity contribution is 5.74. The SMILES string of the molecule is Cc1ccccc1CNC(C(=O)O)C(C)O. The molecule has 4 heteroatoms.